The van der Waals surface area contributed by atoms with Crippen LogP contribution in [-0.4, -0.2) is 30.6 Å². The second kappa shape index (κ2) is 2.51. The van der Waals surface area contributed by atoms with Crippen molar-refractivity contribution in [2.24, 2.45) is 11.7 Å². The van der Waals surface area contributed by atoms with Crippen molar-refractivity contribution in [1.82, 2.24) is 4.90 Å². The van der Waals surface area contributed by atoms with Crippen LogP contribution in [0.3, 0.4) is 0 Å². The zero-order valence-corrected chi connectivity index (χ0v) is 6.42. The fourth-order valence-corrected chi connectivity index (χ4v) is 1.56. The molecule has 2 rings (SSSR count). The second-order valence-electron chi connectivity index (χ2n) is 3.75. The van der Waals surface area contributed by atoms with Gasteiger partial charge in [-0.15, -0.1) is 0 Å². The van der Waals surface area contributed by atoms with Crippen molar-refractivity contribution in [3.8, 4) is 0 Å². The van der Waals surface area contributed by atoms with E-state index in [1.807, 2.05) is 0 Å². The molecule has 1 aliphatic heterocycles. The van der Waals surface area contributed by atoms with E-state index in [1.54, 1.807) is 0 Å². The highest BCUT2D eigenvalue weighted by Crippen LogP contribution is 2.32. The van der Waals surface area contributed by atoms with Gasteiger partial charge in [-0.05, 0) is 18.9 Å². The number of hydrogen-bond acceptors (Lipinski definition) is 2. The first-order valence-corrected chi connectivity index (χ1v) is 4.32. The Labute approximate surface area is 62.4 Å². The third kappa shape index (κ3) is 1.50. The van der Waals surface area contributed by atoms with Gasteiger partial charge in [0.05, 0.1) is 0 Å². The fraction of sp³-hybridized carbons (Fsp3) is 1.00. The maximum atomic E-state index is 5.65. The predicted molar refractivity (Wildman–Crippen MR) is 41.8 cm³/mol. The standard InChI is InChI=1S/C8H16N2/c9-8-5-10(6-8)4-3-7-1-2-7/h7-8H,1-6,9H2. The minimum absolute atomic E-state index is 0.485. The van der Waals surface area contributed by atoms with Crippen LogP contribution >= 0.6 is 0 Å². The van der Waals surface area contributed by atoms with Crippen molar-refractivity contribution in [2.75, 3.05) is 19.6 Å². The zero-order valence-electron chi connectivity index (χ0n) is 6.42. The molecule has 0 amide bonds. The van der Waals surface area contributed by atoms with Gasteiger partial charge in [-0.25, -0.2) is 0 Å². The van der Waals surface area contributed by atoms with Gasteiger partial charge in [-0.3, -0.25) is 0 Å². The van der Waals surface area contributed by atoms with Crippen LogP contribution in [0.2, 0.25) is 0 Å². The number of rotatable bonds is 3. The van der Waals surface area contributed by atoms with Gasteiger partial charge in [0.1, 0.15) is 0 Å². The van der Waals surface area contributed by atoms with Crippen molar-refractivity contribution >= 4 is 0 Å². The van der Waals surface area contributed by atoms with Crippen molar-refractivity contribution in [3.05, 3.63) is 0 Å². The minimum atomic E-state index is 0.485. The molecule has 2 N–H and O–H groups in total. The highest BCUT2D eigenvalue weighted by atomic mass is 15.2. The van der Waals surface area contributed by atoms with Crippen molar-refractivity contribution in [2.45, 2.75) is 25.3 Å². The van der Waals surface area contributed by atoms with Crippen molar-refractivity contribution in [1.29, 1.82) is 0 Å². The van der Waals surface area contributed by atoms with Crippen LogP contribution in [0.15, 0.2) is 0 Å². The Morgan fingerprint density at radius 1 is 1.30 bits per heavy atom. The summed E-state index contributed by atoms with van der Waals surface area (Å²) >= 11 is 0. The first-order valence-electron chi connectivity index (χ1n) is 4.32. The molecule has 0 radical (unpaired) electrons. The summed E-state index contributed by atoms with van der Waals surface area (Å²) in [5.41, 5.74) is 5.65. The molecule has 0 aromatic rings. The Hall–Kier alpha value is -0.0800. The Balaban J connectivity index is 1.54. The molecule has 0 aromatic carbocycles. The lowest BCUT2D eigenvalue weighted by Gasteiger charge is -2.36. The van der Waals surface area contributed by atoms with Gasteiger partial charge in [0.2, 0.25) is 0 Å². The summed E-state index contributed by atoms with van der Waals surface area (Å²) in [4.78, 5) is 2.46. The topological polar surface area (TPSA) is 29.3 Å². The van der Waals surface area contributed by atoms with Crippen LogP contribution in [-0.2, 0) is 0 Å². The predicted octanol–water partition coefficient (Wildman–Crippen LogP) is 0.429. The summed E-state index contributed by atoms with van der Waals surface area (Å²) in [7, 11) is 0. The van der Waals surface area contributed by atoms with E-state index in [9.17, 15) is 0 Å². The lowest BCUT2D eigenvalue weighted by Crippen LogP contribution is -2.55. The van der Waals surface area contributed by atoms with E-state index < -0.39 is 0 Å². The van der Waals surface area contributed by atoms with Gasteiger partial charge in [-0.1, -0.05) is 12.8 Å². The zero-order chi connectivity index (χ0) is 6.97. The molecule has 10 heavy (non-hydrogen) atoms. The molecule has 0 spiro atoms. The highest BCUT2D eigenvalue weighted by molar-refractivity contribution is 4.84. The Morgan fingerprint density at radius 2 is 2.00 bits per heavy atom. The maximum Gasteiger partial charge on any atom is 0.0297 e. The minimum Gasteiger partial charge on any atom is -0.325 e. The van der Waals surface area contributed by atoms with Crippen LogP contribution < -0.4 is 5.73 Å². The fourth-order valence-electron chi connectivity index (χ4n) is 1.56. The molecule has 0 bridgehead atoms. The molecule has 2 heteroatoms. The number of hydrogen-bond donors (Lipinski definition) is 1. The molecule has 58 valence electrons. The van der Waals surface area contributed by atoms with Crippen LogP contribution in [0.5, 0.6) is 0 Å². The molecule has 0 atom stereocenters. The number of likely N-dealkylation sites (tertiary alicyclic amines) is 1. The third-order valence-corrected chi connectivity index (χ3v) is 2.54. The monoisotopic (exact) mass is 140 g/mol. The van der Waals surface area contributed by atoms with Crippen LogP contribution in [0.25, 0.3) is 0 Å². The van der Waals surface area contributed by atoms with Gasteiger partial charge in [-0.2, -0.15) is 0 Å². The Kier molecular flexibility index (Phi) is 1.66. The van der Waals surface area contributed by atoms with E-state index >= 15 is 0 Å². The summed E-state index contributed by atoms with van der Waals surface area (Å²) in [5.74, 6) is 1.08. The molecule has 1 saturated heterocycles. The molecule has 1 aliphatic carbocycles. The molecule has 1 saturated carbocycles. The lowest BCUT2D eigenvalue weighted by molar-refractivity contribution is 0.147. The molecule has 0 aromatic heterocycles. The SMILES string of the molecule is NC1CN(CCC2CC2)C1. The molecule has 2 nitrogen and oxygen atoms in total. The van der Waals surface area contributed by atoms with Crippen molar-refractivity contribution < 1.29 is 0 Å². The summed E-state index contributed by atoms with van der Waals surface area (Å²) in [6.07, 6.45) is 4.40. The van der Waals surface area contributed by atoms with Gasteiger partial charge < -0.3 is 10.6 Å². The molecule has 2 aliphatic rings. The lowest BCUT2D eigenvalue weighted by atomic mass is 10.1. The average molecular weight is 140 g/mol. The first kappa shape index (κ1) is 6.62. The van der Waals surface area contributed by atoms with Gasteiger partial charge in [0.25, 0.3) is 0 Å². The van der Waals surface area contributed by atoms with E-state index in [0.717, 1.165) is 19.0 Å². The highest BCUT2D eigenvalue weighted by Gasteiger charge is 2.26. The maximum absolute atomic E-state index is 5.65. The normalized spacial score (nSPS) is 28.5. The largest absolute Gasteiger partial charge is 0.325 e. The van der Waals surface area contributed by atoms with E-state index in [1.165, 1.54) is 25.8 Å². The summed E-state index contributed by atoms with van der Waals surface area (Å²) in [5, 5.41) is 0. The smallest absolute Gasteiger partial charge is 0.0297 e. The molecular weight excluding hydrogens is 124 g/mol. The summed E-state index contributed by atoms with van der Waals surface area (Å²) in [6, 6.07) is 0.485. The average Bonchev–Trinajstić information content (AvgIpc) is 2.60. The van der Waals surface area contributed by atoms with Crippen molar-refractivity contribution in [3.63, 3.8) is 0 Å². The Morgan fingerprint density at radius 3 is 2.50 bits per heavy atom. The Bertz CT molecular complexity index is 114. The second-order valence-corrected chi connectivity index (χ2v) is 3.75. The summed E-state index contributed by atoms with van der Waals surface area (Å²) < 4.78 is 0. The molecule has 2 fully saturated rings. The van der Waals surface area contributed by atoms with Gasteiger partial charge in [0, 0.05) is 19.1 Å². The summed E-state index contributed by atoms with van der Waals surface area (Å²) in [6.45, 7) is 3.60. The molecule has 0 unspecified atom stereocenters. The quantitative estimate of drug-likeness (QED) is 0.616. The molecule has 1 heterocycles. The first-order chi connectivity index (χ1) is 4.84. The number of nitrogens with zero attached hydrogens (tertiary/aromatic N) is 1. The molecular formula is C8H16N2. The van der Waals surface area contributed by atoms with Crippen LogP contribution in [0.1, 0.15) is 19.3 Å². The van der Waals surface area contributed by atoms with E-state index in [2.05, 4.69) is 4.90 Å². The van der Waals surface area contributed by atoms with E-state index in [0.29, 0.717) is 6.04 Å². The van der Waals surface area contributed by atoms with Gasteiger partial charge in [0.15, 0.2) is 0 Å². The van der Waals surface area contributed by atoms with E-state index in [-0.39, 0.29) is 0 Å². The van der Waals surface area contributed by atoms with Gasteiger partial charge >= 0.3 is 0 Å². The van der Waals surface area contributed by atoms with Crippen LogP contribution in [0, 0.1) is 5.92 Å². The number of nitrogens with two attached hydrogens (primary N) is 1. The van der Waals surface area contributed by atoms with E-state index in [4.69, 9.17) is 5.73 Å². The van der Waals surface area contributed by atoms with Crippen LogP contribution in [0.4, 0.5) is 0 Å². The third-order valence-electron chi connectivity index (χ3n) is 2.54.